The number of piperazine rings is 1. The molecule has 0 bridgehead atoms. The monoisotopic (exact) mass is 411 g/mol. The molecule has 2 aromatic carbocycles. The second-order valence-corrected chi connectivity index (χ2v) is 8.26. The second kappa shape index (κ2) is 8.56. The average molecular weight is 412 g/mol. The van der Waals surface area contributed by atoms with E-state index in [1.54, 1.807) is 11.0 Å². The summed E-state index contributed by atoms with van der Waals surface area (Å²) in [6.07, 6.45) is 0.573. The molecule has 0 radical (unpaired) electrons. The van der Waals surface area contributed by atoms with Crippen molar-refractivity contribution in [1.29, 1.82) is 0 Å². The minimum atomic E-state index is -0.563. The molecule has 1 unspecified atom stereocenters. The lowest BCUT2D eigenvalue weighted by atomic mass is 10.1. The molecule has 2 heterocycles. The summed E-state index contributed by atoms with van der Waals surface area (Å²) in [4.78, 5) is 31.9. The highest BCUT2D eigenvalue weighted by Crippen LogP contribution is 2.29. The van der Waals surface area contributed by atoms with Gasteiger partial charge in [0.05, 0.1) is 0 Å². The Morgan fingerprint density at radius 3 is 2.45 bits per heavy atom. The SMILES string of the molecule is Cc1cc(N2CCC(C(=O)N3CCN(Cc4ccccc4)CC3)C2=O)ccc1Cl. The van der Waals surface area contributed by atoms with Crippen LogP contribution in [0.1, 0.15) is 17.5 Å². The highest BCUT2D eigenvalue weighted by molar-refractivity contribution is 6.31. The van der Waals surface area contributed by atoms with Gasteiger partial charge in [0.2, 0.25) is 11.8 Å². The standard InChI is InChI=1S/C23H26ClN3O2/c1-17-15-19(7-8-21(17)24)27-10-9-20(23(27)29)22(28)26-13-11-25(12-14-26)16-18-5-3-2-4-6-18/h2-8,15,20H,9-14,16H2,1H3. The van der Waals surface area contributed by atoms with Crippen molar-refractivity contribution in [3.05, 3.63) is 64.7 Å². The van der Waals surface area contributed by atoms with E-state index >= 15 is 0 Å². The first-order chi connectivity index (χ1) is 14.0. The van der Waals surface area contributed by atoms with Crippen LogP contribution in [-0.4, -0.2) is 54.3 Å². The summed E-state index contributed by atoms with van der Waals surface area (Å²) < 4.78 is 0. The van der Waals surface area contributed by atoms with Crippen molar-refractivity contribution in [3.63, 3.8) is 0 Å². The number of carbonyl (C=O) groups is 2. The Balaban J connectivity index is 1.34. The van der Waals surface area contributed by atoms with Gasteiger partial charge in [-0.05, 0) is 42.7 Å². The van der Waals surface area contributed by atoms with Gasteiger partial charge in [0, 0.05) is 50.0 Å². The maximum Gasteiger partial charge on any atom is 0.239 e. The summed E-state index contributed by atoms with van der Waals surface area (Å²) in [5.41, 5.74) is 3.04. The molecule has 2 saturated heterocycles. The van der Waals surface area contributed by atoms with E-state index in [1.165, 1.54) is 5.56 Å². The second-order valence-electron chi connectivity index (χ2n) is 7.85. The number of rotatable bonds is 4. The molecule has 152 valence electrons. The minimum Gasteiger partial charge on any atom is -0.339 e. The lowest BCUT2D eigenvalue weighted by molar-refractivity contribution is -0.141. The fourth-order valence-corrected chi connectivity index (χ4v) is 4.27. The molecular formula is C23H26ClN3O2. The van der Waals surface area contributed by atoms with Gasteiger partial charge in [-0.15, -0.1) is 0 Å². The number of benzene rings is 2. The van der Waals surface area contributed by atoms with Crippen molar-refractivity contribution in [3.8, 4) is 0 Å². The van der Waals surface area contributed by atoms with E-state index in [2.05, 4.69) is 29.2 Å². The van der Waals surface area contributed by atoms with Gasteiger partial charge in [-0.2, -0.15) is 0 Å². The number of aryl methyl sites for hydroxylation is 1. The van der Waals surface area contributed by atoms with Crippen LogP contribution in [0.5, 0.6) is 0 Å². The lowest BCUT2D eigenvalue weighted by Crippen LogP contribution is -2.51. The van der Waals surface area contributed by atoms with E-state index in [9.17, 15) is 9.59 Å². The third-order valence-corrected chi connectivity index (χ3v) is 6.31. The van der Waals surface area contributed by atoms with Crippen molar-refractivity contribution >= 4 is 29.1 Å². The third-order valence-electron chi connectivity index (χ3n) is 5.89. The minimum absolute atomic E-state index is 0.0254. The number of hydrogen-bond acceptors (Lipinski definition) is 3. The van der Waals surface area contributed by atoms with Crippen LogP contribution in [0.2, 0.25) is 5.02 Å². The Morgan fingerprint density at radius 2 is 1.76 bits per heavy atom. The number of carbonyl (C=O) groups excluding carboxylic acids is 2. The van der Waals surface area contributed by atoms with Crippen molar-refractivity contribution in [2.75, 3.05) is 37.6 Å². The molecule has 0 aromatic heterocycles. The molecule has 6 heteroatoms. The largest absolute Gasteiger partial charge is 0.339 e. The third kappa shape index (κ3) is 4.31. The maximum absolute atomic E-state index is 13.0. The molecule has 0 N–H and O–H groups in total. The zero-order chi connectivity index (χ0) is 20.4. The highest BCUT2D eigenvalue weighted by atomic mass is 35.5. The Hall–Kier alpha value is -2.37. The highest BCUT2D eigenvalue weighted by Gasteiger charge is 2.40. The molecule has 4 rings (SSSR count). The van der Waals surface area contributed by atoms with Crippen LogP contribution < -0.4 is 4.90 Å². The molecule has 5 nitrogen and oxygen atoms in total. The normalized spacial score (nSPS) is 20.3. The molecule has 0 aliphatic carbocycles. The molecule has 2 aromatic rings. The van der Waals surface area contributed by atoms with E-state index in [1.807, 2.05) is 30.0 Å². The van der Waals surface area contributed by atoms with E-state index in [-0.39, 0.29) is 11.8 Å². The number of anilines is 1. The van der Waals surface area contributed by atoms with E-state index in [0.717, 1.165) is 30.9 Å². The summed E-state index contributed by atoms with van der Waals surface area (Å²) in [5.74, 6) is -0.683. The van der Waals surface area contributed by atoms with Gasteiger partial charge in [-0.3, -0.25) is 14.5 Å². The van der Waals surface area contributed by atoms with Gasteiger partial charge < -0.3 is 9.80 Å². The molecule has 2 amide bonds. The molecule has 1 atom stereocenters. The fourth-order valence-electron chi connectivity index (χ4n) is 4.15. The molecule has 2 fully saturated rings. The van der Waals surface area contributed by atoms with Crippen LogP contribution in [0.4, 0.5) is 5.69 Å². The van der Waals surface area contributed by atoms with Crippen molar-refractivity contribution in [1.82, 2.24) is 9.80 Å². The molecule has 2 aliphatic rings. The van der Waals surface area contributed by atoms with Gasteiger partial charge in [0.25, 0.3) is 0 Å². The van der Waals surface area contributed by atoms with Crippen LogP contribution in [0.3, 0.4) is 0 Å². The van der Waals surface area contributed by atoms with Gasteiger partial charge in [-0.25, -0.2) is 0 Å². The Labute approximate surface area is 176 Å². The van der Waals surface area contributed by atoms with Crippen LogP contribution in [0.15, 0.2) is 48.5 Å². The summed E-state index contributed by atoms with van der Waals surface area (Å²) >= 11 is 6.10. The fraction of sp³-hybridized carbons (Fsp3) is 0.391. The van der Waals surface area contributed by atoms with Gasteiger partial charge >= 0.3 is 0 Å². The number of nitrogens with zero attached hydrogens (tertiary/aromatic N) is 3. The van der Waals surface area contributed by atoms with Gasteiger partial charge in [0.15, 0.2) is 0 Å². The summed E-state index contributed by atoms with van der Waals surface area (Å²) in [6.45, 7) is 6.41. The Bertz CT molecular complexity index is 894. The zero-order valence-electron chi connectivity index (χ0n) is 16.7. The van der Waals surface area contributed by atoms with Crippen LogP contribution in [0.25, 0.3) is 0 Å². The van der Waals surface area contributed by atoms with Crippen LogP contribution in [-0.2, 0) is 16.1 Å². The predicted molar refractivity (Wildman–Crippen MR) is 115 cm³/mol. The first kappa shape index (κ1) is 19.9. The summed E-state index contributed by atoms with van der Waals surface area (Å²) in [6, 6.07) is 15.9. The summed E-state index contributed by atoms with van der Waals surface area (Å²) in [7, 11) is 0. The molecule has 0 saturated carbocycles. The first-order valence-electron chi connectivity index (χ1n) is 10.2. The van der Waals surface area contributed by atoms with E-state index < -0.39 is 5.92 Å². The van der Waals surface area contributed by atoms with Gasteiger partial charge in [0.1, 0.15) is 5.92 Å². The Morgan fingerprint density at radius 1 is 1.03 bits per heavy atom. The maximum atomic E-state index is 13.0. The molecule has 0 spiro atoms. The topological polar surface area (TPSA) is 43.9 Å². The number of hydrogen-bond donors (Lipinski definition) is 0. The van der Waals surface area contributed by atoms with Crippen molar-refractivity contribution in [2.45, 2.75) is 19.9 Å². The molecular weight excluding hydrogens is 386 g/mol. The van der Waals surface area contributed by atoms with Crippen LogP contribution >= 0.6 is 11.6 Å². The van der Waals surface area contributed by atoms with Crippen molar-refractivity contribution < 1.29 is 9.59 Å². The lowest BCUT2D eigenvalue weighted by Gasteiger charge is -2.35. The molecule has 2 aliphatic heterocycles. The molecule has 29 heavy (non-hydrogen) atoms. The smallest absolute Gasteiger partial charge is 0.239 e. The zero-order valence-corrected chi connectivity index (χ0v) is 17.4. The summed E-state index contributed by atoms with van der Waals surface area (Å²) in [5, 5.41) is 0.682. The Kier molecular flexibility index (Phi) is 5.88. The van der Waals surface area contributed by atoms with Gasteiger partial charge in [-0.1, -0.05) is 41.9 Å². The average Bonchev–Trinajstić information content (AvgIpc) is 3.12. The quantitative estimate of drug-likeness (QED) is 0.725. The van der Waals surface area contributed by atoms with Crippen molar-refractivity contribution in [2.24, 2.45) is 5.92 Å². The number of amides is 2. The number of halogens is 1. The first-order valence-corrected chi connectivity index (χ1v) is 10.5. The van der Waals surface area contributed by atoms with Crippen LogP contribution in [0, 0.1) is 12.8 Å². The predicted octanol–water partition coefficient (Wildman–Crippen LogP) is 3.35. The van der Waals surface area contributed by atoms with E-state index in [4.69, 9.17) is 11.6 Å². The van der Waals surface area contributed by atoms with E-state index in [0.29, 0.717) is 31.1 Å².